The van der Waals surface area contributed by atoms with E-state index >= 15 is 0 Å². The van der Waals surface area contributed by atoms with Crippen LogP contribution in [0.2, 0.25) is 0 Å². The van der Waals surface area contributed by atoms with E-state index in [1.807, 2.05) is 0 Å². The first kappa shape index (κ1) is 19.3. The second-order valence-corrected chi connectivity index (χ2v) is 2.80. The predicted molar refractivity (Wildman–Crippen MR) is 61.6 cm³/mol. The first-order chi connectivity index (χ1) is 5.13. The van der Waals surface area contributed by atoms with Crippen LogP contribution < -0.4 is 0 Å². The molecule has 1 unspecified atom stereocenters. The van der Waals surface area contributed by atoms with Gasteiger partial charge in [-0.3, -0.25) is 6.08 Å². The molecule has 0 N–H and O–H groups in total. The number of hydrogen-bond donors (Lipinski definition) is 0. The number of hydrogen-bond acceptors (Lipinski definition) is 0. The van der Waals surface area contributed by atoms with Crippen LogP contribution in [0.15, 0.2) is 16.7 Å². The Morgan fingerprint density at radius 3 is 1.62 bits per heavy atom. The van der Waals surface area contributed by atoms with Crippen LogP contribution in [0.1, 0.15) is 27.7 Å². The summed E-state index contributed by atoms with van der Waals surface area (Å²) < 4.78 is 0. The minimum absolute atomic E-state index is 0. The van der Waals surface area contributed by atoms with Gasteiger partial charge in [0.05, 0.1) is 0 Å². The van der Waals surface area contributed by atoms with Gasteiger partial charge in [0, 0.05) is 0 Å². The monoisotopic (exact) mass is 255 g/mol. The molecule has 0 fully saturated rings. The second kappa shape index (κ2) is 9.21. The van der Waals surface area contributed by atoms with Crippen LogP contribution in [0.5, 0.6) is 0 Å². The molecule has 1 aliphatic rings. The van der Waals surface area contributed by atoms with Gasteiger partial charge in [0.1, 0.15) is 0 Å². The number of rotatable bonds is 0. The molecular weight excluding hydrogens is 239 g/mol. The standard InChI is InChI=1S/C9H13.CH2.2ClH.Ti/c1-6-5-7(2)9(4)8(6)3;;;;/h6H,1-4H3;1H2;2*1H;/q-1;;;;+1. The molecule has 1 aliphatic carbocycles. The van der Waals surface area contributed by atoms with Gasteiger partial charge in [-0.2, -0.15) is 11.1 Å². The third-order valence-electron chi connectivity index (χ3n) is 2.24. The molecular formula is C10H17Cl2Ti. The zero-order valence-electron chi connectivity index (χ0n) is 8.60. The predicted octanol–water partition coefficient (Wildman–Crippen LogP) is 3.53. The number of allylic oxidation sites excluding steroid dienone is 4. The van der Waals surface area contributed by atoms with E-state index in [2.05, 4.69) is 38.6 Å². The fraction of sp³-hybridized carbons (Fsp3) is 0.500. The molecule has 0 amide bonds. The van der Waals surface area contributed by atoms with Crippen molar-refractivity contribution < 1.29 is 20.0 Å². The van der Waals surface area contributed by atoms with Crippen molar-refractivity contribution >= 4 is 29.6 Å². The minimum atomic E-state index is 0. The van der Waals surface area contributed by atoms with Crippen molar-refractivity contribution in [1.29, 1.82) is 0 Å². The van der Waals surface area contributed by atoms with Gasteiger partial charge < -0.3 is 0 Å². The molecule has 0 spiro atoms. The summed E-state index contributed by atoms with van der Waals surface area (Å²) in [6.45, 7) is 8.67. The Bertz CT molecular complexity index is 207. The molecule has 0 aromatic carbocycles. The van der Waals surface area contributed by atoms with Crippen molar-refractivity contribution in [3.05, 3.63) is 22.8 Å². The molecule has 0 saturated carbocycles. The van der Waals surface area contributed by atoms with Crippen molar-refractivity contribution in [3.8, 4) is 0 Å². The maximum absolute atomic E-state index is 3.36. The molecule has 1 atom stereocenters. The van der Waals surface area contributed by atoms with Gasteiger partial charge >= 0.3 is 24.8 Å². The molecule has 0 saturated heterocycles. The molecule has 13 heavy (non-hydrogen) atoms. The maximum atomic E-state index is 3.36. The van der Waals surface area contributed by atoms with E-state index in [1.165, 1.54) is 16.7 Å². The molecule has 0 heterocycles. The van der Waals surface area contributed by atoms with Crippen molar-refractivity contribution in [2.75, 3.05) is 0 Å². The van der Waals surface area contributed by atoms with Gasteiger partial charge in [0.15, 0.2) is 0 Å². The summed E-state index contributed by atoms with van der Waals surface area (Å²) in [5.41, 5.74) is 4.25. The molecule has 1 rings (SSSR count). The van der Waals surface area contributed by atoms with E-state index in [0.717, 1.165) is 0 Å². The summed E-state index contributed by atoms with van der Waals surface area (Å²) in [6.07, 6.45) is 3.36. The van der Waals surface area contributed by atoms with Crippen LogP contribution in [0.25, 0.3) is 0 Å². The second-order valence-electron chi connectivity index (χ2n) is 2.80. The van der Waals surface area contributed by atoms with Gasteiger partial charge in [0.25, 0.3) is 0 Å². The molecule has 75 valence electrons. The topological polar surface area (TPSA) is 0 Å². The Balaban J connectivity index is -0.000000234. The Labute approximate surface area is 106 Å². The average Bonchev–Trinajstić information content (AvgIpc) is 2.22. The van der Waals surface area contributed by atoms with E-state index in [4.69, 9.17) is 0 Å². The molecule has 0 bridgehead atoms. The van der Waals surface area contributed by atoms with Crippen molar-refractivity contribution in [2.24, 2.45) is 5.92 Å². The molecule has 0 aromatic rings. The zero-order chi connectivity index (χ0) is 9.02. The summed E-state index contributed by atoms with van der Waals surface area (Å²) in [6, 6.07) is 0. The van der Waals surface area contributed by atoms with Crippen molar-refractivity contribution in [3.63, 3.8) is 0 Å². The summed E-state index contributed by atoms with van der Waals surface area (Å²) in [4.78, 5) is 3.25. The molecule has 0 aliphatic heterocycles. The van der Waals surface area contributed by atoms with Crippen LogP contribution in [-0.4, -0.2) is 4.82 Å². The van der Waals surface area contributed by atoms with Crippen LogP contribution in [-0.2, 0) is 20.0 Å². The third kappa shape index (κ3) is 5.17. The Morgan fingerprint density at radius 1 is 1.15 bits per heavy atom. The molecule has 3 heteroatoms. The van der Waals surface area contributed by atoms with E-state index in [9.17, 15) is 0 Å². The van der Waals surface area contributed by atoms with Crippen LogP contribution in [0, 0.1) is 12.0 Å². The first-order valence-electron chi connectivity index (χ1n) is 3.76. The van der Waals surface area contributed by atoms with Gasteiger partial charge in [-0.1, -0.05) is 26.7 Å². The molecule has 0 nitrogen and oxygen atoms in total. The molecule has 0 aromatic heterocycles. The zero-order valence-corrected chi connectivity index (χ0v) is 11.8. The quantitative estimate of drug-likeness (QED) is 0.459. The van der Waals surface area contributed by atoms with Gasteiger partial charge in [-0.05, 0) is 0 Å². The van der Waals surface area contributed by atoms with E-state index < -0.39 is 0 Å². The fourth-order valence-electron chi connectivity index (χ4n) is 1.16. The van der Waals surface area contributed by atoms with E-state index in [1.54, 1.807) is 20.0 Å². The van der Waals surface area contributed by atoms with E-state index in [0.29, 0.717) is 5.92 Å². The van der Waals surface area contributed by atoms with Crippen LogP contribution in [0.3, 0.4) is 0 Å². The van der Waals surface area contributed by atoms with Crippen molar-refractivity contribution in [2.45, 2.75) is 27.7 Å². The van der Waals surface area contributed by atoms with Gasteiger partial charge in [0.2, 0.25) is 0 Å². The number of halogens is 2. The summed E-state index contributed by atoms with van der Waals surface area (Å²) in [5.74, 6) is 0.560. The fourth-order valence-corrected chi connectivity index (χ4v) is 1.16. The van der Waals surface area contributed by atoms with Gasteiger partial charge in [-0.15, -0.1) is 31.7 Å². The van der Waals surface area contributed by atoms with Gasteiger partial charge in [-0.25, -0.2) is 5.57 Å². The Hall–Kier alpha value is 0.644. The first-order valence-corrected chi connectivity index (χ1v) is 4.86. The summed E-state index contributed by atoms with van der Waals surface area (Å²) >= 11 is 1.75. The van der Waals surface area contributed by atoms with E-state index in [-0.39, 0.29) is 24.8 Å². The average molecular weight is 256 g/mol. The Morgan fingerprint density at radius 2 is 1.54 bits per heavy atom. The summed E-state index contributed by atoms with van der Waals surface area (Å²) in [5, 5.41) is 0. The SMILES string of the molecule is CC1=[C-]C(C)C(C)=C1C.Cl.Cl.[CH2]=[Ti+]. The van der Waals surface area contributed by atoms with Crippen molar-refractivity contribution in [1.82, 2.24) is 0 Å². The van der Waals surface area contributed by atoms with Crippen LogP contribution in [0.4, 0.5) is 0 Å². The summed E-state index contributed by atoms with van der Waals surface area (Å²) in [7, 11) is 0. The van der Waals surface area contributed by atoms with Crippen LogP contribution >= 0.6 is 24.8 Å². The normalized spacial score (nSPS) is 19.2. The Kier molecular flexibility index (Phi) is 13.6. The third-order valence-corrected chi connectivity index (χ3v) is 2.24. The molecule has 0 radical (unpaired) electrons.